The third-order valence-corrected chi connectivity index (χ3v) is 3.18. The Kier molecular flexibility index (Phi) is 3.57. The molecule has 1 amide bonds. The Labute approximate surface area is 95.8 Å². The summed E-state index contributed by atoms with van der Waals surface area (Å²) in [5, 5.41) is 9.51. The Balaban J connectivity index is 2.88. The van der Waals surface area contributed by atoms with Crippen LogP contribution in [-0.2, 0) is 0 Å². The second-order valence-corrected chi connectivity index (χ2v) is 4.33. The summed E-state index contributed by atoms with van der Waals surface area (Å²) >= 11 is 0. The molecule has 5 heteroatoms. The number of carbonyl (C=O) groups excluding carboxylic acids is 1. The second-order valence-electron chi connectivity index (χ2n) is 4.33. The molecule has 0 atom stereocenters. The molecule has 5 nitrogen and oxygen atoms in total. The van der Waals surface area contributed by atoms with Crippen molar-refractivity contribution in [3.05, 3.63) is 11.3 Å². The smallest absolute Gasteiger partial charge is 0.257 e. The number of carbonyl (C=O) groups is 1. The van der Waals surface area contributed by atoms with Crippen molar-refractivity contribution in [3.8, 4) is 0 Å². The van der Waals surface area contributed by atoms with Crippen molar-refractivity contribution in [1.82, 2.24) is 15.5 Å². The summed E-state index contributed by atoms with van der Waals surface area (Å²) < 4.78 is 0. The first kappa shape index (κ1) is 12.5. The Morgan fingerprint density at radius 3 is 2.44 bits per heavy atom. The van der Waals surface area contributed by atoms with Crippen molar-refractivity contribution in [2.75, 3.05) is 5.73 Å². The SMILES string of the molecule is CCC(C)(CC)NC(=O)c1c(N)n[nH]c1C. The van der Waals surface area contributed by atoms with Gasteiger partial charge < -0.3 is 11.1 Å². The maximum Gasteiger partial charge on any atom is 0.257 e. The van der Waals surface area contributed by atoms with E-state index in [0.29, 0.717) is 11.3 Å². The first-order chi connectivity index (χ1) is 7.43. The molecule has 0 fully saturated rings. The molecule has 4 N–H and O–H groups in total. The molecule has 1 rings (SSSR count). The fourth-order valence-electron chi connectivity index (χ4n) is 1.50. The number of H-pyrrole nitrogens is 1. The highest BCUT2D eigenvalue weighted by atomic mass is 16.1. The number of rotatable bonds is 4. The fourth-order valence-corrected chi connectivity index (χ4v) is 1.50. The average Bonchev–Trinajstić information content (AvgIpc) is 2.58. The summed E-state index contributed by atoms with van der Waals surface area (Å²) in [6.07, 6.45) is 1.76. The second kappa shape index (κ2) is 4.55. The molecule has 0 radical (unpaired) electrons. The third kappa shape index (κ3) is 2.35. The lowest BCUT2D eigenvalue weighted by Crippen LogP contribution is -2.45. The van der Waals surface area contributed by atoms with Crippen LogP contribution in [0.1, 0.15) is 49.7 Å². The van der Waals surface area contributed by atoms with Gasteiger partial charge in [-0.1, -0.05) is 13.8 Å². The molecule has 1 aromatic heterocycles. The molecule has 0 bridgehead atoms. The number of nitrogens with one attached hydrogen (secondary N) is 2. The number of aromatic amines is 1. The van der Waals surface area contributed by atoms with Crippen molar-refractivity contribution in [2.45, 2.75) is 46.1 Å². The molecule has 0 saturated heterocycles. The molecule has 0 aliphatic heterocycles. The lowest BCUT2D eigenvalue weighted by Gasteiger charge is -2.28. The Bertz CT molecular complexity index is 360. The number of nitrogens with two attached hydrogens (primary N) is 1. The van der Waals surface area contributed by atoms with Crippen molar-refractivity contribution >= 4 is 11.7 Å². The minimum Gasteiger partial charge on any atom is -0.382 e. The number of anilines is 1. The molecule has 1 aromatic rings. The minimum atomic E-state index is -0.187. The van der Waals surface area contributed by atoms with E-state index in [1.807, 2.05) is 6.92 Å². The topological polar surface area (TPSA) is 83.8 Å². The number of aryl methyl sites for hydroxylation is 1. The maximum absolute atomic E-state index is 12.0. The maximum atomic E-state index is 12.0. The minimum absolute atomic E-state index is 0.157. The first-order valence-corrected chi connectivity index (χ1v) is 5.56. The highest BCUT2D eigenvalue weighted by Gasteiger charge is 2.25. The molecule has 0 aliphatic rings. The van der Waals surface area contributed by atoms with E-state index in [2.05, 4.69) is 29.4 Å². The Morgan fingerprint density at radius 1 is 1.50 bits per heavy atom. The number of aromatic nitrogens is 2. The predicted molar refractivity (Wildman–Crippen MR) is 64.2 cm³/mol. The highest BCUT2D eigenvalue weighted by Crippen LogP contribution is 2.17. The van der Waals surface area contributed by atoms with Gasteiger partial charge in [0, 0.05) is 11.2 Å². The third-order valence-electron chi connectivity index (χ3n) is 3.18. The quantitative estimate of drug-likeness (QED) is 0.726. The van der Waals surface area contributed by atoms with Gasteiger partial charge in [-0.2, -0.15) is 5.10 Å². The molecule has 0 spiro atoms. The van der Waals surface area contributed by atoms with Crippen LogP contribution in [0.15, 0.2) is 0 Å². The van der Waals surface area contributed by atoms with Gasteiger partial charge in [-0.05, 0) is 26.7 Å². The highest BCUT2D eigenvalue weighted by molar-refractivity contribution is 5.99. The van der Waals surface area contributed by atoms with E-state index in [4.69, 9.17) is 5.73 Å². The van der Waals surface area contributed by atoms with Gasteiger partial charge in [-0.25, -0.2) is 0 Å². The van der Waals surface area contributed by atoms with Crippen LogP contribution in [0, 0.1) is 6.92 Å². The van der Waals surface area contributed by atoms with E-state index >= 15 is 0 Å². The van der Waals surface area contributed by atoms with Gasteiger partial charge in [0.25, 0.3) is 5.91 Å². The zero-order valence-corrected chi connectivity index (χ0v) is 10.3. The molecule has 1 heterocycles. The van der Waals surface area contributed by atoms with Crippen LogP contribution in [0.25, 0.3) is 0 Å². The largest absolute Gasteiger partial charge is 0.382 e. The van der Waals surface area contributed by atoms with Crippen LogP contribution in [0.2, 0.25) is 0 Å². The summed E-state index contributed by atoms with van der Waals surface area (Å²) in [6.45, 7) is 7.91. The van der Waals surface area contributed by atoms with Gasteiger partial charge in [0.2, 0.25) is 0 Å². The Hall–Kier alpha value is -1.52. The summed E-state index contributed by atoms with van der Waals surface area (Å²) in [7, 11) is 0. The van der Waals surface area contributed by atoms with Gasteiger partial charge in [-0.3, -0.25) is 9.89 Å². The number of nitrogen functional groups attached to an aromatic ring is 1. The fraction of sp³-hybridized carbons (Fsp3) is 0.636. The monoisotopic (exact) mass is 224 g/mol. The predicted octanol–water partition coefficient (Wildman–Crippen LogP) is 1.61. The summed E-state index contributed by atoms with van der Waals surface area (Å²) in [5.41, 5.74) is 6.60. The normalized spacial score (nSPS) is 11.5. The molecule has 0 unspecified atom stereocenters. The summed E-state index contributed by atoms with van der Waals surface area (Å²) in [4.78, 5) is 12.0. The average molecular weight is 224 g/mol. The van der Waals surface area contributed by atoms with Crippen molar-refractivity contribution in [2.24, 2.45) is 0 Å². The molecular formula is C11H20N4O. The van der Waals surface area contributed by atoms with Crippen LogP contribution in [0.3, 0.4) is 0 Å². The lowest BCUT2D eigenvalue weighted by molar-refractivity contribution is 0.0901. The zero-order chi connectivity index (χ0) is 12.3. The van der Waals surface area contributed by atoms with Crippen molar-refractivity contribution in [1.29, 1.82) is 0 Å². The van der Waals surface area contributed by atoms with E-state index in [-0.39, 0.29) is 17.3 Å². The molecule has 0 aliphatic carbocycles. The van der Waals surface area contributed by atoms with E-state index in [0.717, 1.165) is 12.8 Å². The van der Waals surface area contributed by atoms with Gasteiger partial charge >= 0.3 is 0 Å². The number of amides is 1. The van der Waals surface area contributed by atoms with E-state index in [1.165, 1.54) is 0 Å². The molecule has 90 valence electrons. The lowest BCUT2D eigenvalue weighted by atomic mass is 9.95. The van der Waals surface area contributed by atoms with Gasteiger partial charge in [0.05, 0.1) is 0 Å². The van der Waals surface area contributed by atoms with Crippen LogP contribution in [-0.4, -0.2) is 21.6 Å². The molecular weight excluding hydrogens is 204 g/mol. The van der Waals surface area contributed by atoms with E-state index in [1.54, 1.807) is 6.92 Å². The number of nitrogens with zero attached hydrogens (tertiary/aromatic N) is 1. The van der Waals surface area contributed by atoms with Gasteiger partial charge in [-0.15, -0.1) is 0 Å². The number of hydrogen-bond donors (Lipinski definition) is 3. The summed E-state index contributed by atoms with van der Waals surface area (Å²) in [5.74, 6) is 0.0968. The number of hydrogen-bond acceptors (Lipinski definition) is 3. The van der Waals surface area contributed by atoms with E-state index < -0.39 is 0 Å². The van der Waals surface area contributed by atoms with Crippen molar-refractivity contribution < 1.29 is 4.79 Å². The van der Waals surface area contributed by atoms with Crippen LogP contribution in [0.5, 0.6) is 0 Å². The standard InChI is InChI=1S/C11H20N4O/c1-5-11(4,6-2)13-10(16)8-7(3)14-15-9(8)12/h5-6H2,1-4H3,(H,13,16)(H3,12,14,15). The molecule has 16 heavy (non-hydrogen) atoms. The van der Waals surface area contributed by atoms with Crippen molar-refractivity contribution in [3.63, 3.8) is 0 Å². The first-order valence-electron chi connectivity index (χ1n) is 5.56. The van der Waals surface area contributed by atoms with Crippen LogP contribution >= 0.6 is 0 Å². The van der Waals surface area contributed by atoms with Gasteiger partial charge in [0.1, 0.15) is 5.56 Å². The van der Waals surface area contributed by atoms with Gasteiger partial charge in [0.15, 0.2) is 5.82 Å². The van der Waals surface area contributed by atoms with E-state index in [9.17, 15) is 4.79 Å². The molecule has 0 aromatic carbocycles. The van der Waals surface area contributed by atoms with Crippen LogP contribution < -0.4 is 11.1 Å². The summed E-state index contributed by atoms with van der Waals surface area (Å²) in [6, 6.07) is 0. The molecule has 0 saturated carbocycles. The Morgan fingerprint density at radius 2 is 2.06 bits per heavy atom. The van der Waals surface area contributed by atoms with Crippen LogP contribution in [0.4, 0.5) is 5.82 Å². The zero-order valence-electron chi connectivity index (χ0n) is 10.3.